The molecule has 0 saturated heterocycles. The van der Waals surface area contributed by atoms with Crippen LogP contribution in [0, 0.1) is 6.92 Å². The summed E-state index contributed by atoms with van der Waals surface area (Å²) in [6, 6.07) is 11.0. The quantitative estimate of drug-likeness (QED) is 0.676. The van der Waals surface area contributed by atoms with Gasteiger partial charge in [-0.25, -0.2) is 17.4 Å². The molecule has 0 saturated carbocycles. The van der Waals surface area contributed by atoms with Crippen LogP contribution < -0.4 is 5.59 Å². The minimum absolute atomic E-state index is 0.0585. The van der Waals surface area contributed by atoms with Crippen molar-refractivity contribution in [3.05, 3.63) is 54.2 Å². The molecule has 2 heterocycles. The molecule has 6 nitrogen and oxygen atoms in total. The summed E-state index contributed by atoms with van der Waals surface area (Å²) in [6.45, 7) is 1.85. The highest BCUT2D eigenvalue weighted by Crippen LogP contribution is 2.20. The van der Waals surface area contributed by atoms with Gasteiger partial charge in [0.2, 0.25) is 0 Å². The van der Waals surface area contributed by atoms with Crippen molar-refractivity contribution in [3.8, 4) is 0 Å². The molecule has 3 aromatic rings. The lowest BCUT2D eigenvalue weighted by Crippen LogP contribution is -2.39. The maximum atomic E-state index is 12.8. The maximum Gasteiger partial charge on any atom is 0.507 e. The molecule has 0 radical (unpaired) electrons. The molecule has 0 amide bonds. The van der Waals surface area contributed by atoms with Crippen molar-refractivity contribution in [3.63, 3.8) is 0 Å². The lowest BCUT2D eigenvalue weighted by atomic mass is 9.86. The second kappa shape index (κ2) is 5.24. The molecule has 0 spiro atoms. The van der Waals surface area contributed by atoms with Gasteiger partial charge >= 0.3 is 7.12 Å². The van der Waals surface area contributed by atoms with E-state index in [2.05, 4.69) is 4.98 Å². The Hall–Kier alpha value is -2.16. The fraction of sp³-hybridized carbons (Fsp3) is 0.0714. The Bertz CT molecular complexity index is 933. The Morgan fingerprint density at radius 3 is 2.45 bits per heavy atom. The Kier molecular flexibility index (Phi) is 3.52. The van der Waals surface area contributed by atoms with Crippen LogP contribution in [0.15, 0.2) is 53.6 Å². The second-order valence-electron chi connectivity index (χ2n) is 4.94. The van der Waals surface area contributed by atoms with Crippen molar-refractivity contribution in [1.29, 1.82) is 0 Å². The Morgan fingerprint density at radius 2 is 1.82 bits per heavy atom. The van der Waals surface area contributed by atoms with E-state index in [4.69, 9.17) is 0 Å². The number of benzene rings is 1. The van der Waals surface area contributed by atoms with Gasteiger partial charge in [0, 0.05) is 11.6 Å². The largest absolute Gasteiger partial charge is 0.507 e. The summed E-state index contributed by atoms with van der Waals surface area (Å²) in [5.41, 5.74) is 0.942. The van der Waals surface area contributed by atoms with E-state index < -0.39 is 17.1 Å². The number of pyridine rings is 1. The van der Waals surface area contributed by atoms with E-state index in [-0.39, 0.29) is 16.1 Å². The number of hydrogen-bond acceptors (Lipinski definition) is 5. The molecule has 3 rings (SSSR count). The molecule has 1 aromatic carbocycles. The van der Waals surface area contributed by atoms with Crippen LogP contribution >= 0.6 is 0 Å². The van der Waals surface area contributed by atoms with Gasteiger partial charge in [0.1, 0.15) is 0 Å². The van der Waals surface area contributed by atoms with Gasteiger partial charge in [0.25, 0.3) is 10.0 Å². The van der Waals surface area contributed by atoms with Gasteiger partial charge in [0.05, 0.1) is 10.5 Å². The summed E-state index contributed by atoms with van der Waals surface area (Å²) in [5, 5.41) is 19.5. The predicted molar refractivity (Wildman–Crippen MR) is 83.3 cm³/mol. The minimum Gasteiger partial charge on any atom is -0.422 e. The van der Waals surface area contributed by atoms with E-state index in [0.717, 1.165) is 9.54 Å². The lowest BCUT2D eigenvalue weighted by Gasteiger charge is -2.11. The van der Waals surface area contributed by atoms with Gasteiger partial charge in [-0.15, -0.1) is 0 Å². The first kappa shape index (κ1) is 14.8. The van der Waals surface area contributed by atoms with Gasteiger partial charge < -0.3 is 10.0 Å². The third-order valence-corrected chi connectivity index (χ3v) is 5.10. The Labute approximate surface area is 127 Å². The molecule has 22 heavy (non-hydrogen) atoms. The van der Waals surface area contributed by atoms with Gasteiger partial charge in [-0.1, -0.05) is 17.7 Å². The standard InChI is InChI=1S/C14H13BN2O4S/c1-10-4-6-12(7-5-10)22(20,21)17-13(15(18)19)9-11-3-2-8-16-14(11)17/h2-9,18-19H,1H3. The smallest absolute Gasteiger partial charge is 0.422 e. The topological polar surface area (TPSA) is 92.4 Å². The Balaban J connectivity index is 2.32. The fourth-order valence-electron chi connectivity index (χ4n) is 2.28. The molecule has 2 aromatic heterocycles. The van der Waals surface area contributed by atoms with Crippen molar-refractivity contribution in [2.24, 2.45) is 0 Å². The molecular formula is C14H13BN2O4S. The van der Waals surface area contributed by atoms with Crippen molar-refractivity contribution in [2.45, 2.75) is 11.8 Å². The highest BCUT2D eigenvalue weighted by molar-refractivity contribution is 7.90. The van der Waals surface area contributed by atoms with Gasteiger partial charge in [0.15, 0.2) is 5.65 Å². The van der Waals surface area contributed by atoms with Crippen molar-refractivity contribution >= 4 is 33.8 Å². The number of fused-ring (bicyclic) bond motifs is 1. The summed E-state index contributed by atoms with van der Waals surface area (Å²) >= 11 is 0. The number of rotatable bonds is 3. The summed E-state index contributed by atoms with van der Waals surface area (Å²) in [4.78, 5) is 4.11. The molecule has 0 aliphatic heterocycles. The second-order valence-corrected chi connectivity index (χ2v) is 6.73. The molecule has 8 heteroatoms. The normalized spacial score (nSPS) is 11.8. The summed E-state index contributed by atoms with van der Waals surface area (Å²) in [7, 11) is -5.90. The highest BCUT2D eigenvalue weighted by Gasteiger charge is 2.28. The monoisotopic (exact) mass is 316 g/mol. The van der Waals surface area contributed by atoms with E-state index >= 15 is 0 Å². The average Bonchev–Trinajstić information content (AvgIpc) is 2.88. The molecule has 0 atom stereocenters. The third-order valence-electron chi connectivity index (χ3n) is 3.37. The summed E-state index contributed by atoms with van der Waals surface area (Å²) in [6.07, 6.45) is 1.46. The number of aromatic nitrogens is 2. The van der Waals surface area contributed by atoms with E-state index in [0.29, 0.717) is 5.39 Å². The molecule has 2 N–H and O–H groups in total. The van der Waals surface area contributed by atoms with E-state index in [1.807, 2.05) is 6.92 Å². The zero-order valence-corrected chi connectivity index (χ0v) is 12.5. The van der Waals surface area contributed by atoms with Crippen LogP contribution in [0.1, 0.15) is 5.56 Å². The molecule has 0 aliphatic rings. The van der Waals surface area contributed by atoms with Crippen LogP contribution in [0.2, 0.25) is 0 Å². The molecule has 0 aliphatic carbocycles. The Morgan fingerprint density at radius 1 is 1.14 bits per heavy atom. The molecule has 0 bridgehead atoms. The van der Waals surface area contributed by atoms with Gasteiger partial charge in [-0.05, 0) is 37.3 Å². The zero-order chi connectivity index (χ0) is 15.9. The lowest BCUT2D eigenvalue weighted by molar-refractivity contribution is 0.423. The number of aryl methyl sites for hydroxylation is 1. The fourth-order valence-corrected chi connectivity index (χ4v) is 3.78. The van der Waals surface area contributed by atoms with Crippen molar-refractivity contribution < 1.29 is 18.5 Å². The number of hydrogen-bond donors (Lipinski definition) is 2. The molecular weight excluding hydrogens is 303 g/mol. The minimum atomic E-state index is -3.98. The average molecular weight is 316 g/mol. The third kappa shape index (κ3) is 2.31. The maximum absolute atomic E-state index is 12.8. The summed E-state index contributed by atoms with van der Waals surface area (Å²) < 4.78 is 26.6. The SMILES string of the molecule is Cc1ccc(S(=O)(=O)n2c(B(O)O)cc3cccnc32)cc1. The van der Waals surface area contributed by atoms with Crippen molar-refractivity contribution in [2.75, 3.05) is 0 Å². The van der Waals surface area contributed by atoms with Crippen LogP contribution in [0.25, 0.3) is 11.0 Å². The molecule has 0 unspecified atom stereocenters. The zero-order valence-electron chi connectivity index (χ0n) is 11.7. The van der Waals surface area contributed by atoms with E-state index in [9.17, 15) is 18.5 Å². The molecule has 0 fully saturated rings. The highest BCUT2D eigenvalue weighted by atomic mass is 32.2. The summed E-state index contributed by atoms with van der Waals surface area (Å²) in [5.74, 6) is 0. The van der Waals surface area contributed by atoms with Crippen LogP contribution in [0.4, 0.5) is 0 Å². The first-order valence-electron chi connectivity index (χ1n) is 6.56. The van der Waals surface area contributed by atoms with E-state index in [1.165, 1.54) is 24.4 Å². The number of nitrogens with zero attached hydrogens (tertiary/aromatic N) is 2. The van der Waals surface area contributed by atoms with Gasteiger partial charge in [-0.2, -0.15) is 0 Å². The predicted octanol–water partition coefficient (Wildman–Crippen LogP) is 0.262. The van der Waals surface area contributed by atoms with Crippen LogP contribution in [0.5, 0.6) is 0 Å². The van der Waals surface area contributed by atoms with Crippen molar-refractivity contribution in [1.82, 2.24) is 8.96 Å². The first-order valence-corrected chi connectivity index (χ1v) is 8.00. The first-order chi connectivity index (χ1) is 10.4. The van der Waals surface area contributed by atoms with Crippen LogP contribution in [0.3, 0.4) is 0 Å². The van der Waals surface area contributed by atoms with Gasteiger partial charge in [-0.3, -0.25) is 0 Å². The van der Waals surface area contributed by atoms with Crippen LogP contribution in [-0.2, 0) is 10.0 Å². The molecule has 112 valence electrons. The van der Waals surface area contributed by atoms with E-state index in [1.54, 1.807) is 24.3 Å². The van der Waals surface area contributed by atoms with Crippen LogP contribution in [-0.4, -0.2) is 34.5 Å².